The SMILES string of the molecule is CCCCCCCCCCCCCCCCCCCCCC[C@@H](O)C(=O)N[C@@H](CO[C@@H]1O[C@H](CO[C@H]2OC[C@H](O)[C@H](O)[C@H]2O[C@H]2O[C@H](CO)[C@H](O)[C@H](O[C@@H]3O[C@@H]([C@@H](O)CO)[C@H](O[C@H]4O[C@@H]([C@@H](O)CO)[C@H](O)[C@H]4O)[C@H]3O[C@H]3O[C@@H]([C@H](O)CO)[C@H](O)[C@H]3O)[C@H]2O)[C@@H](O)[C@H](O)[C@H]1O)[C@H](O)[C@H](O)CCCCCCCCCCCCC(C)C. The highest BCUT2D eigenvalue weighted by Crippen LogP contribution is 2.40. The number of nitrogens with one attached hydrogen (secondary N) is 1. The van der Waals surface area contributed by atoms with Crippen LogP contribution in [-0.4, -0.2) is 362 Å². The molecule has 0 aromatic carbocycles. The van der Waals surface area contributed by atoms with E-state index in [0.29, 0.717) is 18.8 Å². The molecule has 0 aliphatic carbocycles. The van der Waals surface area contributed by atoms with E-state index in [1.807, 2.05) is 0 Å². The van der Waals surface area contributed by atoms with E-state index in [4.69, 9.17) is 56.8 Å². The lowest BCUT2D eigenvalue weighted by molar-refractivity contribution is -0.374. The van der Waals surface area contributed by atoms with Gasteiger partial charge in [0.1, 0.15) is 153 Å². The third-order valence-corrected chi connectivity index (χ3v) is 22.7. The van der Waals surface area contributed by atoms with Gasteiger partial charge in [0.25, 0.3) is 0 Å². The Morgan fingerprint density at radius 1 is 0.381 bits per heavy atom. The number of hydrogen-bond acceptors (Lipinski definition) is 34. The molecule has 0 unspecified atom stereocenters. The number of rotatable bonds is 59. The molecule has 0 aromatic rings. The third kappa shape index (κ3) is 31.5. The molecule has 0 radical (unpaired) electrons. The third-order valence-electron chi connectivity index (χ3n) is 22.7. The van der Waals surface area contributed by atoms with Gasteiger partial charge in [-0.15, -0.1) is 0 Å². The van der Waals surface area contributed by atoms with Crippen LogP contribution in [0.25, 0.3) is 0 Å². The zero-order valence-electron chi connectivity index (χ0n) is 66.6. The van der Waals surface area contributed by atoms with Crippen molar-refractivity contribution in [3.05, 3.63) is 0 Å². The van der Waals surface area contributed by atoms with Crippen molar-refractivity contribution in [2.45, 2.75) is 435 Å². The van der Waals surface area contributed by atoms with E-state index in [0.717, 1.165) is 64.2 Å². The second kappa shape index (κ2) is 53.8. The molecule has 35 nitrogen and oxygen atoms in total. The largest absolute Gasteiger partial charge is 0.394 e. The first-order chi connectivity index (χ1) is 54.2. The van der Waals surface area contributed by atoms with E-state index in [9.17, 15) is 112 Å². The number of unbranched alkanes of at least 4 members (excludes halogenated alkanes) is 28. The maximum Gasteiger partial charge on any atom is 0.249 e. The van der Waals surface area contributed by atoms with Crippen molar-refractivity contribution in [3.8, 4) is 0 Å². The summed E-state index contributed by atoms with van der Waals surface area (Å²) in [6.07, 6.45) is -25.5. The highest BCUT2D eigenvalue weighted by molar-refractivity contribution is 5.80. The molecule has 22 N–H and O–H groups in total. The highest BCUT2D eigenvalue weighted by Gasteiger charge is 2.60. The molecule has 6 saturated heterocycles. The summed E-state index contributed by atoms with van der Waals surface area (Å²) in [5, 5.41) is 233. The molecule has 1 amide bonds. The summed E-state index contributed by atoms with van der Waals surface area (Å²) >= 11 is 0. The van der Waals surface area contributed by atoms with Crippen LogP contribution in [0, 0.1) is 5.92 Å². The van der Waals surface area contributed by atoms with Crippen molar-refractivity contribution in [1.29, 1.82) is 0 Å². The predicted octanol–water partition coefficient (Wildman–Crippen LogP) is -1.32. The minimum Gasteiger partial charge on any atom is -0.394 e. The lowest BCUT2D eigenvalue weighted by atomic mass is 9.98. The van der Waals surface area contributed by atoms with E-state index < -0.39 is 255 Å². The molecule has 33 atom stereocenters. The summed E-state index contributed by atoms with van der Waals surface area (Å²) in [5.41, 5.74) is 0. The smallest absolute Gasteiger partial charge is 0.249 e. The standard InChI is InChI=1S/C78H145NO34/c1-4-5-6-7-8-9-10-11-12-13-14-15-16-17-18-19-24-27-30-33-36-47(85)72(101)79-45(54(90)46(84)35-32-29-26-23-21-20-22-25-28-31-34-44(2)3)41-102-73-61(97)58(94)56(92)53(106-73)43-104-77-69(55(91)51(89)42-103-77)111-76-64(100)68(57(93)52(40-83)105-76)110-78-71(113-75-63(99)60(96)66(108-75)49(87)38-81)70(67(109-78)50(88)39-82)112-74-62(98)59(95)65(107-74)48(86)37-80/h44-71,73-78,80-100H,4-43H2,1-3H3,(H,79,101)/t45-,46+,47+,48-,49+,50-,51-,52+,53+,54-,55-,56+,57-,58-,59+,60+,61+,62+,63+,64+,65-,66-,67-,68-,69+,70-,71+,73+,74+,75+,76+,77+,78-/m0/s1. The van der Waals surface area contributed by atoms with Crippen molar-refractivity contribution in [3.63, 3.8) is 0 Å². The minimum atomic E-state index is -2.30. The molecule has 0 aromatic heterocycles. The van der Waals surface area contributed by atoms with E-state index in [1.54, 1.807) is 0 Å². The van der Waals surface area contributed by atoms with Crippen LogP contribution in [-0.2, 0) is 61.6 Å². The molecule has 6 heterocycles. The average molecular weight is 1640 g/mol. The van der Waals surface area contributed by atoms with Crippen LogP contribution in [0.3, 0.4) is 0 Å². The normalized spacial score (nSPS) is 35.6. The minimum absolute atomic E-state index is 0.109. The van der Waals surface area contributed by atoms with Crippen LogP contribution in [0.1, 0.15) is 233 Å². The molecular formula is C78H145NO34. The van der Waals surface area contributed by atoms with Gasteiger partial charge in [0.15, 0.2) is 37.7 Å². The van der Waals surface area contributed by atoms with Crippen molar-refractivity contribution in [1.82, 2.24) is 5.32 Å². The van der Waals surface area contributed by atoms with Crippen LogP contribution in [0.4, 0.5) is 0 Å². The molecular weight excluding hydrogens is 1490 g/mol. The zero-order chi connectivity index (χ0) is 82.7. The molecule has 6 aliphatic heterocycles. The van der Waals surface area contributed by atoms with Crippen molar-refractivity contribution >= 4 is 5.91 Å². The molecule has 6 fully saturated rings. The Morgan fingerprint density at radius 3 is 1.27 bits per heavy atom. The van der Waals surface area contributed by atoms with Gasteiger partial charge in [0, 0.05) is 0 Å². The molecule has 666 valence electrons. The van der Waals surface area contributed by atoms with Gasteiger partial charge in [-0.2, -0.15) is 0 Å². The second-order valence-electron chi connectivity index (χ2n) is 32.4. The molecule has 0 bridgehead atoms. The molecule has 6 rings (SSSR count). The first-order valence-electron chi connectivity index (χ1n) is 42.3. The number of ether oxygens (including phenoxy) is 12. The number of amides is 1. The summed E-state index contributed by atoms with van der Waals surface area (Å²) in [6.45, 7) is 0.426. The Kier molecular flexibility index (Phi) is 47.6. The second-order valence-corrected chi connectivity index (χ2v) is 32.4. The van der Waals surface area contributed by atoms with E-state index in [2.05, 4.69) is 26.1 Å². The maximum atomic E-state index is 13.7. The number of hydrogen-bond donors (Lipinski definition) is 22. The Morgan fingerprint density at radius 2 is 0.788 bits per heavy atom. The van der Waals surface area contributed by atoms with Gasteiger partial charge < -0.3 is 169 Å². The van der Waals surface area contributed by atoms with Crippen LogP contribution in [0.2, 0.25) is 0 Å². The summed E-state index contributed by atoms with van der Waals surface area (Å²) < 4.78 is 70.7. The number of aliphatic hydroxyl groups is 21. The van der Waals surface area contributed by atoms with Crippen molar-refractivity contribution in [2.75, 3.05) is 46.2 Å². The monoisotopic (exact) mass is 1640 g/mol. The molecule has 113 heavy (non-hydrogen) atoms. The zero-order valence-corrected chi connectivity index (χ0v) is 66.6. The van der Waals surface area contributed by atoms with Crippen LogP contribution in [0.15, 0.2) is 0 Å². The summed E-state index contributed by atoms with van der Waals surface area (Å²) in [6, 6.07) is -1.43. The topological polar surface area (TPSA) is 565 Å². The van der Waals surface area contributed by atoms with Crippen LogP contribution >= 0.6 is 0 Å². The maximum absolute atomic E-state index is 13.7. The highest BCUT2D eigenvalue weighted by atomic mass is 16.8. The van der Waals surface area contributed by atoms with E-state index in [-0.39, 0.29) is 12.8 Å². The van der Waals surface area contributed by atoms with E-state index >= 15 is 0 Å². The van der Waals surface area contributed by atoms with Gasteiger partial charge in [-0.1, -0.05) is 220 Å². The fourth-order valence-corrected chi connectivity index (χ4v) is 15.5. The summed E-state index contributed by atoms with van der Waals surface area (Å²) in [4.78, 5) is 13.7. The summed E-state index contributed by atoms with van der Waals surface area (Å²) in [5.74, 6) is -0.157. The lowest BCUT2D eigenvalue weighted by Crippen LogP contribution is -2.64. The van der Waals surface area contributed by atoms with E-state index in [1.165, 1.54) is 122 Å². The van der Waals surface area contributed by atoms with Crippen LogP contribution < -0.4 is 5.32 Å². The number of aliphatic hydroxyl groups excluding tert-OH is 21. The Labute approximate surface area is 665 Å². The van der Waals surface area contributed by atoms with Gasteiger partial charge >= 0.3 is 0 Å². The first-order valence-corrected chi connectivity index (χ1v) is 42.3. The first kappa shape index (κ1) is 100.0. The van der Waals surface area contributed by atoms with Gasteiger partial charge in [-0.25, -0.2) is 0 Å². The van der Waals surface area contributed by atoms with Gasteiger partial charge in [-0.05, 0) is 18.8 Å². The Balaban J connectivity index is 1.08. The Bertz CT molecular complexity index is 2460. The molecule has 0 spiro atoms. The summed E-state index contributed by atoms with van der Waals surface area (Å²) in [7, 11) is 0. The number of carbonyl (C=O) groups excluding carboxylic acids is 1. The fraction of sp³-hybridized carbons (Fsp3) is 0.987. The molecule has 0 saturated carbocycles. The van der Waals surface area contributed by atoms with Crippen molar-refractivity contribution in [2.24, 2.45) is 5.92 Å². The number of carbonyl (C=O) groups is 1. The molecule has 35 heteroatoms. The van der Waals surface area contributed by atoms with Crippen LogP contribution in [0.5, 0.6) is 0 Å². The quantitative estimate of drug-likeness (QED) is 0.0314. The lowest BCUT2D eigenvalue weighted by Gasteiger charge is -2.46. The molecule has 6 aliphatic rings. The van der Waals surface area contributed by atoms with Gasteiger partial charge in [0.2, 0.25) is 5.91 Å². The van der Waals surface area contributed by atoms with Gasteiger partial charge in [-0.3, -0.25) is 4.79 Å². The average Bonchev–Trinajstić information content (AvgIpc) is 1.66. The van der Waals surface area contributed by atoms with Crippen molar-refractivity contribution < 1.29 is 169 Å². The predicted molar refractivity (Wildman–Crippen MR) is 400 cm³/mol. The fourth-order valence-electron chi connectivity index (χ4n) is 15.5. The van der Waals surface area contributed by atoms with Gasteiger partial charge in [0.05, 0.1) is 58.4 Å². The Hall–Kier alpha value is -1.85.